The molecule has 5 nitrogen and oxygen atoms in total. The maximum absolute atomic E-state index is 12.0. The molecule has 90 valence electrons. The van der Waals surface area contributed by atoms with E-state index in [1.165, 1.54) is 4.90 Å². The lowest BCUT2D eigenvalue weighted by molar-refractivity contribution is -0.146. The zero-order valence-corrected chi connectivity index (χ0v) is 10.5. The Labute approximate surface area is 106 Å². The van der Waals surface area contributed by atoms with Crippen molar-refractivity contribution in [2.45, 2.75) is 0 Å². The number of rotatable bonds is 2. The number of amides is 1. The molecule has 0 aliphatic carbocycles. The fourth-order valence-electron chi connectivity index (χ4n) is 1.70. The predicted molar refractivity (Wildman–Crippen MR) is 65.6 cm³/mol. The number of carbonyl (C=O) groups is 2. The summed E-state index contributed by atoms with van der Waals surface area (Å²) in [6.07, 6.45) is 0. The van der Waals surface area contributed by atoms with Gasteiger partial charge in [-0.1, -0.05) is 15.9 Å². The highest BCUT2D eigenvalue weighted by molar-refractivity contribution is 9.10. The first kappa shape index (κ1) is 11.9. The van der Waals surface area contributed by atoms with E-state index in [0.29, 0.717) is 11.3 Å². The van der Waals surface area contributed by atoms with E-state index in [2.05, 4.69) is 15.9 Å². The van der Waals surface area contributed by atoms with Crippen molar-refractivity contribution in [1.29, 1.82) is 0 Å². The van der Waals surface area contributed by atoms with Crippen LogP contribution in [0.2, 0.25) is 0 Å². The van der Waals surface area contributed by atoms with E-state index >= 15 is 0 Å². The molecule has 3 N–H and O–H groups in total. The molecular formula is C11H11BrN2O3. The standard InChI is InChI=1S/C11H11BrN2O3/c12-7-1-2-8(9(13)3-7)10(15)14-4-6(5-14)11(16)17/h1-3,6H,4-5,13H2,(H,16,17). The lowest BCUT2D eigenvalue weighted by Gasteiger charge is -2.36. The van der Waals surface area contributed by atoms with Crippen LogP contribution < -0.4 is 5.73 Å². The molecule has 2 rings (SSSR count). The molecule has 0 spiro atoms. The zero-order chi connectivity index (χ0) is 12.6. The monoisotopic (exact) mass is 298 g/mol. The van der Waals surface area contributed by atoms with Gasteiger partial charge in [0.25, 0.3) is 5.91 Å². The van der Waals surface area contributed by atoms with E-state index < -0.39 is 11.9 Å². The summed E-state index contributed by atoms with van der Waals surface area (Å²) < 4.78 is 0.804. The Balaban J connectivity index is 2.09. The second-order valence-electron chi connectivity index (χ2n) is 3.98. The number of nitrogens with zero attached hydrogens (tertiary/aromatic N) is 1. The molecule has 0 bridgehead atoms. The van der Waals surface area contributed by atoms with Crippen LogP contribution in [-0.4, -0.2) is 35.0 Å². The van der Waals surface area contributed by atoms with Crippen LogP contribution in [0.4, 0.5) is 5.69 Å². The minimum atomic E-state index is -0.863. The maximum atomic E-state index is 12.0. The number of carbonyl (C=O) groups excluding carboxylic acids is 1. The number of anilines is 1. The lowest BCUT2D eigenvalue weighted by atomic mass is 9.99. The molecule has 0 unspecified atom stereocenters. The highest BCUT2D eigenvalue weighted by Crippen LogP contribution is 2.24. The molecular weight excluding hydrogens is 288 g/mol. The van der Waals surface area contributed by atoms with E-state index in [1.807, 2.05) is 0 Å². The number of nitrogens with two attached hydrogens (primary N) is 1. The molecule has 0 radical (unpaired) electrons. The van der Waals surface area contributed by atoms with Gasteiger partial charge in [0.2, 0.25) is 0 Å². The van der Waals surface area contributed by atoms with Gasteiger partial charge in [-0.3, -0.25) is 9.59 Å². The van der Waals surface area contributed by atoms with Crippen molar-refractivity contribution in [3.63, 3.8) is 0 Å². The van der Waals surface area contributed by atoms with Gasteiger partial charge in [-0.05, 0) is 18.2 Å². The lowest BCUT2D eigenvalue weighted by Crippen LogP contribution is -2.53. The Bertz CT molecular complexity index is 484. The molecule has 1 aromatic carbocycles. The highest BCUT2D eigenvalue weighted by Gasteiger charge is 2.36. The average Bonchev–Trinajstić information content (AvgIpc) is 2.13. The Morgan fingerprint density at radius 1 is 1.41 bits per heavy atom. The number of carboxylic acids is 1. The Kier molecular flexibility index (Phi) is 3.06. The van der Waals surface area contributed by atoms with E-state index in [1.54, 1.807) is 18.2 Å². The Morgan fingerprint density at radius 2 is 2.06 bits per heavy atom. The summed E-state index contributed by atoms with van der Waals surface area (Å²) in [7, 11) is 0. The van der Waals surface area contributed by atoms with Gasteiger partial charge < -0.3 is 15.7 Å². The van der Waals surface area contributed by atoms with Gasteiger partial charge >= 0.3 is 5.97 Å². The van der Waals surface area contributed by atoms with Crippen molar-refractivity contribution in [3.8, 4) is 0 Å². The van der Waals surface area contributed by atoms with Gasteiger partial charge in [-0.2, -0.15) is 0 Å². The average molecular weight is 299 g/mol. The second kappa shape index (κ2) is 4.37. The van der Waals surface area contributed by atoms with Crippen molar-refractivity contribution < 1.29 is 14.7 Å². The van der Waals surface area contributed by atoms with Crippen LogP contribution in [0, 0.1) is 5.92 Å². The second-order valence-corrected chi connectivity index (χ2v) is 4.89. The van der Waals surface area contributed by atoms with Gasteiger partial charge in [-0.25, -0.2) is 0 Å². The van der Waals surface area contributed by atoms with Crippen LogP contribution in [0.3, 0.4) is 0 Å². The number of nitrogen functional groups attached to an aromatic ring is 1. The minimum Gasteiger partial charge on any atom is -0.481 e. The molecule has 0 saturated carbocycles. The fraction of sp³-hybridized carbons (Fsp3) is 0.273. The number of halogens is 1. The molecule has 1 heterocycles. The first-order valence-electron chi connectivity index (χ1n) is 5.06. The van der Waals surface area contributed by atoms with Crippen molar-refractivity contribution >= 4 is 33.5 Å². The first-order valence-corrected chi connectivity index (χ1v) is 5.85. The van der Waals surface area contributed by atoms with Gasteiger partial charge in [0.15, 0.2) is 0 Å². The van der Waals surface area contributed by atoms with Crippen molar-refractivity contribution in [2.24, 2.45) is 5.92 Å². The third kappa shape index (κ3) is 2.26. The zero-order valence-electron chi connectivity index (χ0n) is 8.89. The number of hydrogen-bond acceptors (Lipinski definition) is 3. The molecule has 1 aromatic rings. The Hall–Kier alpha value is -1.56. The summed E-state index contributed by atoms with van der Waals surface area (Å²) in [5.74, 6) is -1.53. The topological polar surface area (TPSA) is 83.6 Å². The SMILES string of the molecule is Nc1cc(Br)ccc1C(=O)N1CC(C(=O)O)C1. The summed E-state index contributed by atoms with van der Waals surface area (Å²) in [5, 5.41) is 8.73. The van der Waals surface area contributed by atoms with Crippen LogP contribution in [0.15, 0.2) is 22.7 Å². The largest absolute Gasteiger partial charge is 0.481 e. The first-order chi connectivity index (χ1) is 7.99. The molecule has 0 atom stereocenters. The van der Waals surface area contributed by atoms with Crippen LogP contribution in [0.1, 0.15) is 10.4 Å². The minimum absolute atomic E-state index is 0.215. The maximum Gasteiger partial charge on any atom is 0.310 e. The summed E-state index contributed by atoms with van der Waals surface area (Å²) in [4.78, 5) is 24.1. The predicted octanol–water partition coefficient (Wildman–Crippen LogP) is 1.19. The molecule has 17 heavy (non-hydrogen) atoms. The van der Waals surface area contributed by atoms with Crippen LogP contribution in [-0.2, 0) is 4.79 Å². The molecule has 1 saturated heterocycles. The van der Waals surface area contributed by atoms with E-state index in [0.717, 1.165) is 4.47 Å². The van der Waals surface area contributed by atoms with Crippen molar-refractivity contribution in [2.75, 3.05) is 18.8 Å². The van der Waals surface area contributed by atoms with Crippen LogP contribution in [0.5, 0.6) is 0 Å². The van der Waals surface area contributed by atoms with Gasteiger partial charge in [0, 0.05) is 23.2 Å². The number of aliphatic carboxylic acids is 1. The smallest absolute Gasteiger partial charge is 0.310 e. The van der Waals surface area contributed by atoms with Crippen LogP contribution >= 0.6 is 15.9 Å². The summed E-state index contributed by atoms with van der Waals surface area (Å²) in [6.45, 7) is 0.507. The van der Waals surface area contributed by atoms with Crippen molar-refractivity contribution in [1.82, 2.24) is 4.90 Å². The Morgan fingerprint density at radius 3 is 2.59 bits per heavy atom. The van der Waals surface area contributed by atoms with Crippen LogP contribution in [0.25, 0.3) is 0 Å². The van der Waals surface area contributed by atoms with Gasteiger partial charge in [0.1, 0.15) is 0 Å². The quantitative estimate of drug-likeness (QED) is 0.803. The molecule has 1 fully saturated rings. The molecule has 1 aliphatic rings. The van der Waals surface area contributed by atoms with E-state index in [9.17, 15) is 9.59 Å². The van der Waals surface area contributed by atoms with Gasteiger partial charge in [-0.15, -0.1) is 0 Å². The fourth-order valence-corrected chi connectivity index (χ4v) is 2.08. The number of likely N-dealkylation sites (tertiary alicyclic amines) is 1. The van der Waals surface area contributed by atoms with E-state index in [4.69, 9.17) is 10.8 Å². The number of hydrogen-bond donors (Lipinski definition) is 2. The van der Waals surface area contributed by atoms with E-state index in [-0.39, 0.29) is 19.0 Å². The highest BCUT2D eigenvalue weighted by atomic mass is 79.9. The normalized spacial score (nSPS) is 15.5. The third-order valence-corrected chi connectivity index (χ3v) is 3.26. The number of benzene rings is 1. The van der Waals surface area contributed by atoms with Crippen molar-refractivity contribution in [3.05, 3.63) is 28.2 Å². The molecule has 0 aromatic heterocycles. The number of carboxylic acid groups (broad SMARTS) is 1. The summed E-state index contributed by atoms with van der Waals surface area (Å²) >= 11 is 3.26. The van der Waals surface area contributed by atoms with Gasteiger partial charge in [0.05, 0.1) is 11.5 Å². The third-order valence-electron chi connectivity index (χ3n) is 2.76. The molecule has 1 aliphatic heterocycles. The summed E-state index contributed by atoms with van der Waals surface area (Å²) in [5.41, 5.74) is 6.55. The molecule has 1 amide bonds. The summed E-state index contributed by atoms with van der Waals surface area (Å²) in [6, 6.07) is 5.02. The molecule has 6 heteroatoms.